The Kier molecular flexibility index (Phi) is 3.80. The fourth-order valence-electron chi connectivity index (χ4n) is 2.49. The zero-order valence-electron chi connectivity index (χ0n) is 11.8. The number of pyridine rings is 1. The molecule has 0 aliphatic rings. The highest BCUT2D eigenvalue weighted by atomic mass is 79.9. The van der Waals surface area contributed by atoms with Crippen molar-refractivity contribution in [1.29, 1.82) is 0 Å². The van der Waals surface area contributed by atoms with Gasteiger partial charge in [-0.2, -0.15) is 0 Å². The van der Waals surface area contributed by atoms with Crippen molar-refractivity contribution in [1.82, 2.24) is 4.98 Å². The summed E-state index contributed by atoms with van der Waals surface area (Å²) in [5.74, 6) is 1.57. The quantitative estimate of drug-likeness (QED) is 0.691. The third kappa shape index (κ3) is 2.36. The monoisotopic (exact) mass is 343 g/mol. The average Bonchev–Trinajstić information content (AvgIpc) is 2.55. The van der Waals surface area contributed by atoms with E-state index in [4.69, 9.17) is 9.47 Å². The number of methoxy groups -OCH3 is 2. The molecule has 4 heteroatoms. The van der Waals surface area contributed by atoms with Gasteiger partial charge in [0, 0.05) is 22.3 Å². The molecule has 2 aromatic carbocycles. The average molecular weight is 344 g/mol. The molecule has 3 rings (SSSR count). The second-order valence-corrected chi connectivity index (χ2v) is 5.41. The minimum Gasteiger partial charge on any atom is -0.496 e. The van der Waals surface area contributed by atoms with Gasteiger partial charge in [-0.05, 0) is 35.2 Å². The summed E-state index contributed by atoms with van der Waals surface area (Å²) in [7, 11) is 3.34. The van der Waals surface area contributed by atoms with Crippen LogP contribution in [0.5, 0.6) is 11.5 Å². The molecule has 0 aliphatic heterocycles. The Morgan fingerprint density at radius 2 is 1.62 bits per heavy atom. The van der Waals surface area contributed by atoms with Crippen molar-refractivity contribution in [2.45, 2.75) is 0 Å². The molecular weight excluding hydrogens is 330 g/mol. The van der Waals surface area contributed by atoms with Crippen LogP contribution in [0.4, 0.5) is 0 Å². The minimum absolute atomic E-state index is 0.787. The molecule has 0 spiro atoms. The Morgan fingerprint density at radius 3 is 2.29 bits per heavy atom. The highest BCUT2D eigenvalue weighted by molar-refractivity contribution is 9.10. The summed E-state index contributed by atoms with van der Waals surface area (Å²) in [5, 5.41) is 2.16. The van der Waals surface area contributed by atoms with Crippen molar-refractivity contribution in [3.63, 3.8) is 0 Å². The highest BCUT2D eigenvalue weighted by Crippen LogP contribution is 2.42. The zero-order valence-corrected chi connectivity index (χ0v) is 13.3. The second kappa shape index (κ2) is 5.74. The van der Waals surface area contributed by atoms with Crippen LogP contribution < -0.4 is 9.47 Å². The molecule has 0 radical (unpaired) electrons. The van der Waals surface area contributed by atoms with E-state index in [1.807, 2.05) is 36.5 Å². The van der Waals surface area contributed by atoms with Gasteiger partial charge in [-0.15, -0.1) is 0 Å². The molecule has 0 N–H and O–H groups in total. The molecule has 3 aromatic rings. The maximum Gasteiger partial charge on any atom is 0.130 e. The van der Waals surface area contributed by atoms with Gasteiger partial charge in [0.15, 0.2) is 0 Å². The minimum atomic E-state index is 0.787. The molecule has 0 bridgehead atoms. The van der Waals surface area contributed by atoms with Crippen molar-refractivity contribution < 1.29 is 9.47 Å². The summed E-state index contributed by atoms with van der Waals surface area (Å²) in [6.45, 7) is 0. The van der Waals surface area contributed by atoms with Crippen LogP contribution in [0.1, 0.15) is 0 Å². The molecule has 1 aromatic heterocycles. The van der Waals surface area contributed by atoms with Gasteiger partial charge in [0.05, 0.1) is 19.8 Å². The number of rotatable bonds is 3. The predicted octanol–water partition coefficient (Wildman–Crippen LogP) is 4.68. The van der Waals surface area contributed by atoms with Gasteiger partial charge in [-0.25, -0.2) is 0 Å². The largest absolute Gasteiger partial charge is 0.496 e. The topological polar surface area (TPSA) is 31.4 Å². The first-order chi connectivity index (χ1) is 10.3. The Hall–Kier alpha value is -2.07. The number of aromatic nitrogens is 1. The maximum atomic E-state index is 5.51. The van der Waals surface area contributed by atoms with E-state index in [0.29, 0.717) is 0 Å². The molecule has 0 unspecified atom stereocenters. The Bertz CT molecular complexity index is 780. The van der Waals surface area contributed by atoms with Crippen LogP contribution in [0.25, 0.3) is 21.9 Å². The third-order valence-electron chi connectivity index (χ3n) is 3.46. The number of fused-ring (bicyclic) bond motifs is 1. The predicted molar refractivity (Wildman–Crippen MR) is 88.0 cm³/mol. The summed E-state index contributed by atoms with van der Waals surface area (Å²) in [6.07, 6.45) is 3.64. The molecule has 0 fully saturated rings. The van der Waals surface area contributed by atoms with E-state index >= 15 is 0 Å². The lowest BCUT2D eigenvalue weighted by Gasteiger charge is -2.15. The summed E-state index contributed by atoms with van der Waals surface area (Å²) in [6, 6.07) is 11.9. The van der Waals surface area contributed by atoms with Crippen LogP contribution in [0.2, 0.25) is 0 Å². The zero-order chi connectivity index (χ0) is 14.8. The first-order valence-corrected chi connectivity index (χ1v) is 7.29. The van der Waals surface area contributed by atoms with Gasteiger partial charge >= 0.3 is 0 Å². The summed E-state index contributed by atoms with van der Waals surface area (Å²) in [5.41, 5.74) is 2.01. The number of benzene rings is 2. The molecule has 106 valence electrons. The van der Waals surface area contributed by atoms with E-state index < -0.39 is 0 Å². The SMILES string of the molecule is COc1cccc(OC)c1-c1ccc(Br)c2cnccc12. The van der Waals surface area contributed by atoms with E-state index in [0.717, 1.165) is 37.9 Å². The van der Waals surface area contributed by atoms with E-state index in [-0.39, 0.29) is 0 Å². The van der Waals surface area contributed by atoms with Gasteiger partial charge in [-0.1, -0.05) is 28.1 Å². The van der Waals surface area contributed by atoms with Crippen molar-refractivity contribution in [3.8, 4) is 22.6 Å². The van der Waals surface area contributed by atoms with Gasteiger partial charge < -0.3 is 9.47 Å². The normalized spacial score (nSPS) is 10.6. The first kappa shape index (κ1) is 13.9. The number of halogens is 1. The second-order valence-electron chi connectivity index (χ2n) is 4.55. The van der Waals surface area contributed by atoms with Crippen molar-refractivity contribution in [2.24, 2.45) is 0 Å². The maximum absolute atomic E-state index is 5.51. The van der Waals surface area contributed by atoms with Gasteiger partial charge in [0.1, 0.15) is 11.5 Å². The lowest BCUT2D eigenvalue weighted by molar-refractivity contribution is 0.397. The third-order valence-corrected chi connectivity index (χ3v) is 4.15. The fourth-order valence-corrected chi connectivity index (χ4v) is 2.94. The van der Waals surface area contributed by atoms with Crippen LogP contribution >= 0.6 is 15.9 Å². The lowest BCUT2D eigenvalue weighted by atomic mass is 9.98. The first-order valence-electron chi connectivity index (χ1n) is 6.50. The number of nitrogens with zero attached hydrogens (tertiary/aromatic N) is 1. The molecule has 21 heavy (non-hydrogen) atoms. The van der Waals surface area contributed by atoms with E-state index in [1.54, 1.807) is 20.4 Å². The molecule has 0 saturated heterocycles. The van der Waals surface area contributed by atoms with Crippen molar-refractivity contribution in [3.05, 3.63) is 53.3 Å². The number of ether oxygens (including phenoxy) is 2. The van der Waals surface area contributed by atoms with E-state index in [2.05, 4.69) is 27.0 Å². The summed E-state index contributed by atoms with van der Waals surface area (Å²) < 4.78 is 12.0. The summed E-state index contributed by atoms with van der Waals surface area (Å²) >= 11 is 3.57. The standard InChI is InChI=1S/C17H14BrNO2/c1-20-15-4-3-5-16(21-2)17(15)12-6-7-14(18)13-10-19-9-8-11(12)13/h3-10H,1-2H3. The van der Waals surface area contributed by atoms with Crippen LogP contribution in [-0.2, 0) is 0 Å². The molecular formula is C17H14BrNO2. The Morgan fingerprint density at radius 1 is 0.905 bits per heavy atom. The van der Waals surface area contributed by atoms with Crippen LogP contribution in [-0.4, -0.2) is 19.2 Å². The van der Waals surface area contributed by atoms with Crippen molar-refractivity contribution >= 4 is 26.7 Å². The lowest BCUT2D eigenvalue weighted by Crippen LogP contribution is -1.94. The molecule has 0 amide bonds. The molecule has 0 atom stereocenters. The fraction of sp³-hybridized carbons (Fsp3) is 0.118. The van der Waals surface area contributed by atoms with Crippen LogP contribution in [0, 0.1) is 0 Å². The van der Waals surface area contributed by atoms with Crippen LogP contribution in [0.3, 0.4) is 0 Å². The van der Waals surface area contributed by atoms with E-state index in [1.165, 1.54) is 0 Å². The number of hydrogen-bond donors (Lipinski definition) is 0. The van der Waals surface area contributed by atoms with Gasteiger partial charge in [0.25, 0.3) is 0 Å². The van der Waals surface area contributed by atoms with E-state index in [9.17, 15) is 0 Å². The van der Waals surface area contributed by atoms with Crippen molar-refractivity contribution in [2.75, 3.05) is 14.2 Å². The summed E-state index contributed by atoms with van der Waals surface area (Å²) in [4.78, 5) is 4.20. The highest BCUT2D eigenvalue weighted by Gasteiger charge is 2.15. The van der Waals surface area contributed by atoms with Gasteiger partial charge in [-0.3, -0.25) is 4.98 Å². The molecule has 0 saturated carbocycles. The Balaban J connectivity index is 2.39. The molecule has 1 heterocycles. The molecule has 3 nitrogen and oxygen atoms in total. The van der Waals surface area contributed by atoms with Crippen LogP contribution in [0.15, 0.2) is 53.3 Å². The smallest absolute Gasteiger partial charge is 0.130 e. The number of hydrogen-bond acceptors (Lipinski definition) is 3. The Labute approximate surface area is 131 Å². The van der Waals surface area contributed by atoms with Gasteiger partial charge in [0.2, 0.25) is 0 Å². The molecule has 0 aliphatic carbocycles.